The molecule has 0 spiro atoms. The molecule has 0 aliphatic carbocycles. The van der Waals surface area contributed by atoms with Gasteiger partial charge in [0.25, 0.3) is 0 Å². The first-order valence-electron chi connectivity index (χ1n) is 23.7. The van der Waals surface area contributed by atoms with Crippen LogP contribution >= 0.6 is 0 Å². The van der Waals surface area contributed by atoms with Crippen molar-refractivity contribution in [3.63, 3.8) is 0 Å². The first-order chi connectivity index (χ1) is 31.4. The fourth-order valence-corrected chi connectivity index (χ4v) is 6.27. The van der Waals surface area contributed by atoms with Crippen molar-refractivity contribution in [1.29, 1.82) is 0 Å². The van der Waals surface area contributed by atoms with Gasteiger partial charge in [-0.3, -0.25) is 0 Å². The second kappa shape index (κ2) is 11.0. The Bertz CT molecular complexity index is 3810. The molecule has 49 heavy (non-hydrogen) atoms. The summed E-state index contributed by atoms with van der Waals surface area (Å²) in [5.41, 5.74) is -2.12. The van der Waals surface area contributed by atoms with Crippen LogP contribution in [0.1, 0.15) is 23.3 Å². The normalized spacial score (nSPS) is 16.5. The van der Waals surface area contributed by atoms with Crippen LogP contribution in [0.5, 0.6) is 0 Å². The summed E-state index contributed by atoms with van der Waals surface area (Å²) in [6.07, 6.45) is 0. The average Bonchev–Trinajstić information content (AvgIpc) is 3.90. The molecule has 0 aliphatic heterocycles. The molecule has 0 bridgehead atoms. The van der Waals surface area contributed by atoms with Crippen molar-refractivity contribution < 1.29 is 32.1 Å². The van der Waals surface area contributed by atoms with Crippen LogP contribution < -0.4 is 4.90 Å². The molecule has 0 aliphatic rings. The molecular formula is C46H29NO2. The van der Waals surface area contributed by atoms with E-state index in [1.54, 1.807) is 54.6 Å². The van der Waals surface area contributed by atoms with E-state index in [-0.39, 0.29) is 44.0 Å². The highest BCUT2D eigenvalue weighted by molar-refractivity contribution is 6.20. The van der Waals surface area contributed by atoms with Crippen LogP contribution in [-0.4, -0.2) is 0 Å². The van der Waals surface area contributed by atoms with Crippen molar-refractivity contribution in [3.05, 3.63) is 176 Å². The molecule has 0 saturated heterocycles. The van der Waals surface area contributed by atoms with Gasteiger partial charge in [-0.25, -0.2) is 0 Å². The Labute approximate surface area is 306 Å². The van der Waals surface area contributed by atoms with Crippen molar-refractivity contribution in [3.8, 4) is 22.3 Å². The van der Waals surface area contributed by atoms with Crippen molar-refractivity contribution in [2.45, 2.75) is 0 Å². The van der Waals surface area contributed by atoms with E-state index in [9.17, 15) is 11.0 Å². The van der Waals surface area contributed by atoms with Crippen LogP contribution in [0, 0.1) is 0 Å². The van der Waals surface area contributed by atoms with Crippen LogP contribution in [0.3, 0.4) is 0 Å². The SMILES string of the molecule is [2H]c1c([2H])c([2H])c(N(c2c([2H])c([2H])c([2H])c(-c3cccc4c3oc3ccccc34)c2[2H])c2c([2H])c([2H])c([2H])c3oc4c5c([2H])c([2H])c([2H])c([2H])c5c([2H])c([2H])c4c23)c(-c2ccccc2)c1[2H]. The zero-order valence-corrected chi connectivity index (χ0v) is 25.2. The van der Waals surface area contributed by atoms with Crippen LogP contribution in [0.2, 0.25) is 0 Å². The smallest absolute Gasteiger partial charge is 0.143 e. The highest BCUT2D eigenvalue weighted by atomic mass is 16.3. The van der Waals surface area contributed by atoms with E-state index >= 15 is 0 Å². The van der Waals surface area contributed by atoms with Crippen molar-refractivity contribution in [2.24, 2.45) is 0 Å². The molecule has 0 atom stereocenters. The van der Waals surface area contributed by atoms with E-state index in [0.29, 0.717) is 16.4 Å². The molecule has 2 aromatic heterocycles. The van der Waals surface area contributed by atoms with Gasteiger partial charge >= 0.3 is 0 Å². The number of furan rings is 2. The minimum Gasteiger partial charge on any atom is -0.455 e. The number of hydrogen-bond donors (Lipinski definition) is 0. The van der Waals surface area contributed by atoms with Gasteiger partial charge in [-0.2, -0.15) is 0 Å². The van der Waals surface area contributed by atoms with Gasteiger partial charge < -0.3 is 13.7 Å². The number of benzene rings is 8. The lowest BCUT2D eigenvalue weighted by Crippen LogP contribution is -2.11. The zero-order valence-electron chi connectivity index (χ0n) is 42.2. The Morgan fingerprint density at radius 1 is 0.449 bits per heavy atom. The fourth-order valence-electron chi connectivity index (χ4n) is 6.27. The van der Waals surface area contributed by atoms with E-state index in [1.807, 2.05) is 6.07 Å². The first-order valence-corrected chi connectivity index (χ1v) is 15.2. The maximum Gasteiger partial charge on any atom is 0.143 e. The van der Waals surface area contributed by atoms with Gasteiger partial charge in [0.2, 0.25) is 0 Å². The van der Waals surface area contributed by atoms with E-state index in [1.165, 1.54) is 12.1 Å². The molecule has 230 valence electrons. The molecule has 0 N–H and O–H groups in total. The van der Waals surface area contributed by atoms with E-state index < -0.39 is 136 Å². The molecule has 0 saturated carbocycles. The number of nitrogens with zero attached hydrogens (tertiary/aromatic N) is 1. The third-order valence-corrected chi connectivity index (χ3v) is 8.42. The van der Waals surface area contributed by atoms with Gasteiger partial charge in [-0.05, 0) is 58.8 Å². The Morgan fingerprint density at radius 3 is 2.18 bits per heavy atom. The Morgan fingerprint density at radius 2 is 1.22 bits per heavy atom. The van der Waals surface area contributed by atoms with Crippen molar-refractivity contribution in [2.75, 3.05) is 4.90 Å². The number of rotatable bonds is 5. The summed E-state index contributed by atoms with van der Waals surface area (Å²) in [5, 5.41) is -0.241. The zero-order chi connectivity index (χ0) is 47.1. The lowest BCUT2D eigenvalue weighted by atomic mass is 9.99. The molecule has 2 heterocycles. The highest BCUT2D eigenvalue weighted by Crippen LogP contribution is 2.47. The molecule has 8 aromatic carbocycles. The van der Waals surface area contributed by atoms with E-state index in [2.05, 4.69) is 0 Å². The largest absolute Gasteiger partial charge is 0.455 e. The first kappa shape index (κ1) is 15.5. The Kier molecular flexibility index (Phi) is 3.49. The number of hydrogen-bond acceptors (Lipinski definition) is 3. The van der Waals surface area contributed by atoms with Crippen molar-refractivity contribution in [1.82, 2.24) is 0 Å². The van der Waals surface area contributed by atoms with Gasteiger partial charge in [0.1, 0.15) is 22.3 Å². The van der Waals surface area contributed by atoms with Crippen LogP contribution in [0.4, 0.5) is 17.1 Å². The Balaban J connectivity index is 1.47. The number of fused-ring (bicyclic) bond motifs is 8. The van der Waals surface area contributed by atoms with E-state index in [0.717, 1.165) is 4.90 Å². The second-order valence-electron chi connectivity index (χ2n) is 11.2. The molecule has 0 amide bonds. The predicted octanol–water partition coefficient (Wildman–Crippen LogP) is 13.4. The predicted molar refractivity (Wildman–Crippen MR) is 204 cm³/mol. The second-order valence-corrected chi connectivity index (χ2v) is 11.2. The molecule has 10 rings (SSSR count). The maximum atomic E-state index is 10.1. The van der Waals surface area contributed by atoms with Crippen LogP contribution in [0.25, 0.3) is 76.9 Å². The summed E-state index contributed by atoms with van der Waals surface area (Å²) >= 11 is 0. The quantitative estimate of drug-likeness (QED) is 0.187. The molecule has 3 nitrogen and oxygen atoms in total. The van der Waals surface area contributed by atoms with Gasteiger partial charge in [-0.15, -0.1) is 0 Å². The van der Waals surface area contributed by atoms with Gasteiger partial charge in [0.05, 0.1) is 40.1 Å². The highest BCUT2D eigenvalue weighted by Gasteiger charge is 2.23. The lowest BCUT2D eigenvalue weighted by Gasteiger charge is -2.29. The summed E-state index contributed by atoms with van der Waals surface area (Å²) in [5.74, 6) is 0. The van der Waals surface area contributed by atoms with Crippen molar-refractivity contribution >= 4 is 71.7 Å². The minimum atomic E-state index is -0.844. The lowest BCUT2D eigenvalue weighted by molar-refractivity contribution is 0.670. The van der Waals surface area contributed by atoms with E-state index in [4.69, 9.17) is 21.2 Å². The average molecular weight is 645 g/mol. The third-order valence-electron chi connectivity index (χ3n) is 8.42. The van der Waals surface area contributed by atoms with Gasteiger partial charge in [-0.1, -0.05) is 133 Å². The summed E-state index contributed by atoms with van der Waals surface area (Å²) in [6.45, 7) is 0. The fraction of sp³-hybridized carbons (Fsp3) is 0. The molecule has 0 unspecified atom stereocenters. The summed E-state index contributed by atoms with van der Waals surface area (Å²) < 4.78 is 168. The number of para-hydroxylation sites is 3. The summed E-state index contributed by atoms with van der Waals surface area (Å²) in [6, 6.07) is 7.85. The van der Waals surface area contributed by atoms with Gasteiger partial charge in [0, 0.05) is 38.4 Å². The molecule has 3 heteroatoms. The van der Waals surface area contributed by atoms with Gasteiger partial charge in [0.15, 0.2) is 0 Å². The topological polar surface area (TPSA) is 29.5 Å². The number of anilines is 3. The Hall–Kier alpha value is -6.58. The van der Waals surface area contributed by atoms with Crippen LogP contribution in [0.15, 0.2) is 184 Å². The summed E-state index contributed by atoms with van der Waals surface area (Å²) in [7, 11) is 0. The molecule has 0 fully saturated rings. The molecule has 0 radical (unpaired) electrons. The standard InChI is InChI=1S/C46H29NO2/c1-2-13-30(14-3-1)34-18-6-8-23-40(34)47(41-24-12-26-43-44(41)39-28-27-31-15-4-5-19-35(31)46(39)49-43)33-17-10-16-32(29-33)36-21-11-22-38-37-20-7-9-25-42(37)48-45(36)38/h1-29H/i4D,5D,6D,8D,10D,12D,15D,16D,17D,18D,19D,23D,24D,26D,27D,28D,29D. The minimum absolute atomic E-state index is 0.146. The maximum absolute atomic E-state index is 10.1. The summed E-state index contributed by atoms with van der Waals surface area (Å²) in [4.78, 5) is 0.926. The molecular weight excluding hydrogens is 599 g/mol. The molecule has 10 aromatic rings. The third kappa shape index (κ3) is 4.37. The van der Waals surface area contributed by atoms with Crippen LogP contribution in [-0.2, 0) is 0 Å². The monoisotopic (exact) mass is 644 g/mol.